The number of hydrogen-bond donors (Lipinski definition) is 2. The van der Waals surface area contributed by atoms with Crippen molar-refractivity contribution in [3.63, 3.8) is 0 Å². The van der Waals surface area contributed by atoms with Crippen molar-refractivity contribution in [1.82, 2.24) is 10.6 Å². The van der Waals surface area contributed by atoms with Crippen LogP contribution in [0.3, 0.4) is 0 Å². The van der Waals surface area contributed by atoms with Crippen LogP contribution in [-0.2, 0) is 11.2 Å². The van der Waals surface area contributed by atoms with Crippen molar-refractivity contribution in [2.24, 2.45) is 16.3 Å². The number of fused-ring (bicyclic) bond motifs is 2. The maximum absolute atomic E-state index is 6.09. The van der Waals surface area contributed by atoms with E-state index in [2.05, 4.69) is 35.1 Å². The molecule has 5 heteroatoms. The first kappa shape index (κ1) is 16.4. The Morgan fingerprint density at radius 3 is 3.04 bits per heavy atom. The summed E-state index contributed by atoms with van der Waals surface area (Å²) in [6.07, 6.45) is 8.10. The molecule has 4 rings (SSSR count). The zero-order valence-corrected chi connectivity index (χ0v) is 15.4. The SMILES string of the molecule is CCNC(=NCCc1cccs1)NC1C2CCOC2C12CCCC2. The van der Waals surface area contributed by atoms with Crippen molar-refractivity contribution < 1.29 is 4.74 Å². The minimum Gasteiger partial charge on any atom is -0.377 e. The number of guanidine groups is 1. The molecule has 0 amide bonds. The van der Waals surface area contributed by atoms with Crippen molar-refractivity contribution in [3.05, 3.63) is 22.4 Å². The van der Waals surface area contributed by atoms with Crippen molar-refractivity contribution >= 4 is 17.3 Å². The maximum atomic E-state index is 6.09. The molecule has 1 aliphatic heterocycles. The molecule has 1 aromatic rings. The highest BCUT2D eigenvalue weighted by Crippen LogP contribution is 2.60. The van der Waals surface area contributed by atoms with Gasteiger partial charge in [0.25, 0.3) is 0 Å². The van der Waals surface area contributed by atoms with E-state index >= 15 is 0 Å². The summed E-state index contributed by atoms with van der Waals surface area (Å²) < 4.78 is 6.09. The molecule has 1 aromatic heterocycles. The van der Waals surface area contributed by atoms with Crippen LogP contribution in [-0.4, -0.2) is 37.8 Å². The average Bonchev–Trinajstić information content (AvgIpc) is 3.31. The molecule has 3 aliphatic rings. The van der Waals surface area contributed by atoms with Gasteiger partial charge in [0.05, 0.1) is 6.10 Å². The van der Waals surface area contributed by atoms with E-state index in [1.54, 1.807) is 0 Å². The van der Waals surface area contributed by atoms with Gasteiger partial charge in [0.15, 0.2) is 5.96 Å². The number of rotatable bonds is 5. The zero-order valence-electron chi connectivity index (χ0n) is 14.6. The van der Waals surface area contributed by atoms with Gasteiger partial charge in [0.1, 0.15) is 0 Å². The van der Waals surface area contributed by atoms with E-state index in [9.17, 15) is 0 Å². The normalized spacial score (nSPS) is 31.0. The van der Waals surface area contributed by atoms with E-state index in [0.717, 1.165) is 32.1 Å². The van der Waals surface area contributed by atoms with Crippen LogP contribution in [0.2, 0.25) is 0 Å². The Bertz CT molecular complexity index is 565. The minimum atomic E-state index is 0.380. The fourth-order valence-corrected chi connectivity index (χ4v) is 5.80. The monoisotopic (exact) mass is 347 g/mol. The third-order valence-corrected chi connectivity index (χ3v) is 7.07. The molecule has 3 unspecified atom stereocenters. The van der Waals surface area contributed by atoms with Gasteiger partial charge < -0.3 is 15.4 Å². The number of aliphatic imine (C=N–C) groups is 1. The Hall–Kier alpha value is -1.07. The lowest BCUT2D eigenvalue weighted by Crippen LogP contribution is -2.69. The molecule has 1 saturated heterocycles. The highest BCUT2D eigenvalue weighted by molar-refractivity contribution is 7.09. The fourth-order valence-electron chi connectivity index (χ4n) is 5.10. The second-order valence-corrected chi connectivity index (χ2v) is 8.43. The lowest BCUT2D eigenvalue weighted by atomic mass is 9.54. The van der Waals surface area contributed by atoms with Crippen LogP contribution in [0.25, 0.3) is 0 Å². The van der Waals surface area contributed by atoms with Crippen LogP contribution in [0, 0.1) is 11.3 Å². The number of hydrogen-bond acceptors (Lipinski definition) is 3. The molecule has 24 heavy (non-hydrogen) atoms. The molecule has 4 nitrogen and oxygen atoms in total. The zero-order chi connectivity index (χ0) is 16.4. The Morgan fingerprint density at radius 2 is 2.29 bits per heavy atom. The summed E-state index contributed by atoms with van der Waals surface area (Å²) in [5.41, 5.74) is 0.380. The van der Waals surface area contributed by atoms with Crippen LogP contribution in [0.5, 0.6) is 0 Å². The Kier molecular flexibility index (Phi) is 4.81. The van der Waals surface area contributed by atoms with E-state index in [4.69, 9.17) is 9.73 Å². The highest BCUT2D eigenvalue weighted by atomic mass is 32.1. The first-order chi connectivity index (χ1) is 11.8. The number of ether oxygens (including phenoxy) is 1. The van der Waals surface area contributed by atoms with E-state index < -0.39 is 0 Å². The van der Waals surface area contributed by atoms with Crippen LogP contribution in [0.1, 0.15) is 43.9 Å². The summed E-state index contributed by atoms with van der Waals surface area (Å²) in [5.74, 6) is 1.68. The van der Waals surface area contributed by atoms with E-state index in [1.165, 1.54) is 37.0 Å². The molecule has 2 heterocycles. The Labute approximate surface area is 149 Å². The average molecular weight is 348 g/mol. The molecule has 3 atom stereocenters. The summed E-state index contributed by atoms with van der Waals surface area (Å²) in [5, 5.41) is 9.39. The Balaban J connectivity index is 1.42. The van der Waals surface area contributed by atoms with Crippen LogP contribution in [0.4, 0.5) is 0 Å². The van der Waals surface area contributed by atoms with Crippen molar-refractivity contribution in [2.75, 3.05) is 19.7 Å². The molecule has 2 saturated carbocycles. The van der Waals surface area contributed by atoms with Gasteiger partial charge in [-0.25, -0.2) is 0 Å². The number of thiophene rings is 1. The second kappa shape index (κ2) is 7.04. The van der Waals surface area contributed by atoms with Crippen LogP contribution < -0.4 is 10.6 Å². The minimum absolute atomic E-state index is 0.380. The lowest BCUT2D eigenvalue weighted by molar-refractivity contribution is -0.125. The molecule has 2 N–H and O–H groups in total. The maximum Gasteiger partial charge on any atom is 0.191 e. The van der Waals surface area contributed by atoms with Gasteiger partial charge in [-0.15, -0.1) is 11.3 Å². The van der Waals surface area contributed by atoms with Gasteiger partial charge >= 0.3 is 0 Å². The quantitative estimate of drug-likeness (QED) is 0.635. The predicted octanol–water partition coefficient (Wildman–Crippen LogP) is 3.19. The molecule has 2 aliphatic carbocycles. The van der Waals surface area contributed by atoms with Gasteiger partial charge in [0.2, 0.25) is 0 Å². The van der Waals surface area contributed by atoms with Gasteiger partial charge in [0, 0.05) is 48.4 Å². The number of nitrogens with one attached hydrogen (secondary N) is 2. The first-order valence-corrected chi connectivity index (χ1v) is 10.4. The largest absolute Gasteiger partial charge is 0.377 e. The van der Waals surface area contributed by atoms with Crippen LogP contribution in [0.15, 0.2) is 22.5 Å². The summed E-state index contributed by atoms with van der Waals surface area (Å²) in [6.45, 7) is 4.85. The van der Waals surface area contributed by atoms with Crippen molar-refractivity contribution in [3.8, 4) is 0 Å². The number of nitrogens with zero attached hydrogens (tertiary/aromatic N) is 1. The van der Waals surface area contributed by atoms with E-state index in [1.807, 2.05) is 11.3 Å². The Morgan fingerprint density at radius 1 is 1.42 bits per heavy atom. The summed E-state index contributed by atoms with van der Waals surface area (Å²) in [6, 6.07) is 4.86. The van der Waals surface area contributed by atoms with Crippen molar-refractivity contribution in [2.45, 2.75) is 57.6 Å². The molecule has 0 bridgehead atoms. The van der Waals surface area contributed by atoms with E-state index in [-0.39, 0.29) is 0 Å². The molecule has 0 radical (unpaired) electrons. The fraction of sp³-hybridized carbons (Fsp3) is 0.737. The summed E-state index contributed by atoms with van der Waals surface area (Å²) in [4.78, 5) is 6.25. The van der Waals surface area contributed by atoms with Crippen molar-refractivity contribution in [1.29, 1.82) is 0 Å². The molecular weight excluding hydrogens is 318 g/mol. The predicted molar refractivity (Wildman–Crippen MR) is 99.7 cm³/mol. The van der Waals surface area contributed by atoms with Gasteiger partial charge in [-0.2, -0.15) is 0 Å². The highest BCUT2D eigenvalue weighted by Gasteiger charge is 2.65. The molecule has 0 aromatic carbocycles. The third kappa shape index (κ3) is 2.86. The second-order valence-electron chi connectivity index (χ2n) is 7.40. The van der Waals surface area contributed by atoms with Crippen LogP contribution >= 0.6 is 11.3 Å². The summed E-state index contributed by atoms with van der Waals surface area (Å²) >= 11 is 1.82. The molecule has 3 fully saturated rings. The van der Waals surface area contributed by atoms with E-state index in [0.29, 0.717) is 23.5 Å². The molecular formula is C19H29N3OS. The van der Waals surface area contributed by atoms with Gasteiger partial charge in [-0.1, -0.05) is 18.9 Å². The molecule has 132 valence electrons. The third-order valence-electron chi connectivity index (χ3n) is 6.13. The lowest BCUT2D eigenvalue weighted by Gasteiger charge is -2.57. The van der Waals surface area contributed by atoms with Gasteiger partial charge in [-0.05, 0) is 37.6 Å². The topological polar surface area (TPSA) is 45.7 Å². The first-order valence-electron chi connectivity index (χ1n) is 9.52. The molecule has 1 spiro atoms. The van der Waals surface area contributed by atoms with Gasteiger partial charge in [-0.3, -0.25) is 4.99 Å². The summed E-state index contributed by atoms with van der Waals surface area (Å²) in [7, 11) is 0. The smallest absolute Gasteiger partial charge is 0.191 e. The standard InChI is InChI=1S/C19H29N3OS/c1-2-20-18(21-11-7-14-6-5-13-24-14)22-16-15-8-12-23-17(15)19(16)9-3-4-10-19/h5-6,13,15-17H,2-4,7-12H2,1H3,(H2,20,21,22).